The molecule has 0 amide bonds. The van der Waals surface area contributed by atoms with Crippen LogP contribution in [0.25, 0.3) is 0 Å². The Morgan fingerprint density at radius 1 is 1.58 bits per heavy atom. The lowest BCUT2D eigenvalue weighted by Gasteiger charge is -2.06. The van der Waals surface area contributed by atoms with Crippen LogP contribution in [0.5, 0.6) is 0 Å². The molecule has 0 radical (unpaired) electrons. The molecule has 1 aromatic heterocycles. The Bertz CT molecular complexity index is 263. The first kappa shape index (κ1) is 9.55. The van der Waals surface area contributed by atoms with Gasteiger partial charge < -0.3 is 5.11 Å². The van der Waals surface area contributed by atoms with Gasteiger partial charge in [0.1, 0.15) is 5.03 Å². The Balaban J connectivity index is 3.00. The maximum absolute atomic E-state index is 9.07. The first-order valence-corrected chi connectivity index (χ1v) is 4.96. The molecule has 12 heavy (non-hydrogen) atoms. The predicted octanol–water partition coefficient (Wildman–Crippen LogP) is 1.99. The summed E-state index contributed by atoms with van der Waals surface area (Å²) in [6.07, 6.45) is 1.78. The summed E-state index contributed by atoms with van der Waals surface area (Å²) in [5.41, 5.74) is 2.08. The van der Waals surface area contributed by atoms with Gasteiger partial charge in [0.2, 0.25) is 0 Å². The Hall–Kier alpha value is -0.540. The van der Waals surface area contributed by atoms with Gasteiger partial charge in [-0.05, 0) is 24.3 Å². The highest BCUT2D eigenvalue weighted by atomic mass is 32.2. The molecule has 1 N–H and O–H groups in total. The maximum atomic E-state index is 9.07. The highest BCUT2D eigenvalue weighted by Gasteiger charge is 2.04. The largest absolute Gasteiger partial charge is 0.392 e. The number of thioether (sulfide) groups is 1. The molecule has 0 bridgehead atoms. The van der Waals surface area contributed by atoms with Crippen LogP contribution in [-0.2, 0) is 6.61 Å². The Morgan fingerprint density at radius 3 is 2.92 bits per heavy atom. The number of hydrogen-bond acceptors (Lipinski definition) is 3. The normalized spacial score (nSPS) is 10.2. The lowest BCUT2D eigenvalue weighted by Crippen LogP contribution is -1.94. The Morgan fingerprint density at radius 2 is 2.33 bits per heavy atom. The van der Waals surface area contributed by atoms with Crippen molar-refractivity contribution < 1.29 is 5.11 Å². The molecule has 66 valence electrons. The average Bonchev–Trinajstić information content (AvgIpc) is 2.05. The lowest BCUT2D eigenvalue weighted by molar-refractivity contribution is 0.277. The van der Waals surface area contributed by atoms with Gasteiger partial charge in [0.15, 0.2) is 0 Å². The van der Waals surface area contributed by atoms with E-state index in [-0.39, 0.29) is 6.61 Å². The van der Waals surface area contributed by atoms with Gasteiger partial charge in [-0.2, -0.15) is 0 Å². The monoisotopic (exact) mass is 183 g/mol. The van der Waals surface area contributed by atoms with Gasteiger partial charge in [-0.25, -0.2) is 4.98 Å². The van der Waals surface area contributed by atoms with E-state index in [1.54, 1.807) is 18.0 Å². The summed E-state index contributed by atoms with van der Waals surface area (Å²) in [6.45, 7) is 4.16. The van der Waals surface area contributed by atoms with Crippen molar-refractivity contribution in [3.05, 3.63) is 23.4 Å². The van der Waals surface area contributed by atoms with E-state index in [0.29, 0.717) is 0 Å². The summed E-state index contributed by atoms with van der Waals surface area (Å²) >= 11 is 1.67. The first-order valence-electron chi connectivity index (χ1n) is 3.97. The molecule has 1 heterocycles. The zero-order valence-corrected chi connectivity index (χ0v) is 8.19. The second-order valence-corrected chi connectivity index (χ2v) is 3.76. The molecule has 0 aliphatic carbocycles. The van der Waals surface area contributed by atoms with Crippen LogP contribution in [0.3, 0.4) is 0 Å². The molecular formula is C9H13NOS. The average molecular weight is 183 g/mol. The minimum absolute atomic E-state index is 0.0853. The third kappa shape index (κ3) is 1.99. The third-order valence-electron chi connectivity index (χ3n) is 1.69. The SMILES string of the molecule is CCSc1nccc(C)c1CO. The van der Waals surface area contributed by atoms with Crippen molar-refractivity contribution in [3.63, 3.8) is 0 Å². The summed E-state index contributed by atoms with van der Waals surface area (Å²) in [5, 5.41) is 10.0. The van der Waals surface area contributed by atoms with Crippen molar-refractivity contribution in [1.29, 1.82) is 0 Å². The Kier molecular flexibility index (Phi) is 3.56. The van der Waals surface area contributed by atoms with E-state index >= 15 is 0 Å². The maximum Gasteiger partial charge on any atom is 0.102 e. The number of aliphatic hydroxyl groups is 1. The summed E-state index contributed by atoms with van der Waals surface area (Å²) in [7, 11) is 0. The topological polar surface area (TPSA) is 33.1 Å². The molecule has 2 nitrogen and oxygen atoms in total. The van der Waals surface area contributed by atoms with E-state index in [2.05, 4.69) is 11.9 Å². The molecule has 3 heteroatoms. The molecule has 0 saturated carbocycles. The van der Waals surface area contributed by atoms with Crippen molar-refractivity contribution in [2.45, 2.75) is 25.5 Å². The smallest absolute Gasteiger partial charge is 0.102 e. The van der Waals surface area contributed by atoms with Crippen LogP contribution < -0.4 is 0 Å². The fourth-order valence-corrected chi connectivity index (χ4v) is 1.83. The molecule has 0 atom stereocenters. The molecular weight excluding hydrogens is 170 g/mol. The molecule has 0 unspecified atom stereocenters. The fourth-order valence-electron chi connectivity index (χ4n) is 1.02. The molecule has 0 aliphatic rings. The van der Waals surface area contributed by atoms with Crippen LogP contribution in [-0.4, -0.2) is 15.8 Å². The molecule has 0 saturated heterocycles. The lowest BCUT2D eigenvalue weighted by atomic mass is 10.2. The van der Waals surface area contributed by atoms with Crippen molar-refractivity contribution in [2.75, 3.05) is 5.75 Å². The second-order valence-electron chi connectivity index (χ2n) is 2.50. The molecule has 0 aromatic carbocycles. The van der Waals surface area contributed by atoms with Gasteiger partial charge in [0.25, 0.3) is 0 Å². The zero-order chi connectivity index (χ0) is 8.97. The summed E-state index contributed by atoms with van der Waals surface area (Å²) in [6, 6.07) is 1.92. The number of hydrogen-bond donors (Lipinski definition) is 1. The number of pyridine rings is 1. The van der Waals surface area contributed by atoms with Crippen molar-refractivity contribution in [1.82, 2.24) is 4.98 Å². The van der Waals surface area contributed by atoms with E-state index in [9.17, 15) is 0 Å². The first-order chi connectivity index (χ1) is 5.79. The van der Waals surface area contributed by atoms with Gasteiger partial charge in [-0.15, -0.1) is 11.8 Å². The van der Waals surface area contributed by atoms with E-state index in [1.165, 1.54) is 0 Å². The summed E-state index contributed by atoms with van der Waals surface area (Å²) in [4.78, 5) is 4.20. The van der Waals surface area contributed by atoms with Crippen LogP contribution in [0.15, 0.2) is 17.3 Å². The number of aliphatic hydroxyl groups excluding tert-OH is 1. The van der Waals surface area contributed by atoms with Crippen molar-refractivity contribution in [3.8, 4) is 0 Å². The second kappa shape index (κ2) is 4.48. The Labute approximate surface area is 77.0 Å². The fraction of sp³-hybridized carbons (Fsp3) is 0.444. The van der Waals surface area contributed by atoms with Gasteiger partial charge in [0.05, 0.1) is 6.61 Å². The molecule has 0 aliphatic heterocycles. The van der Waals surface area contributed by atoms with E-state index in [1.807, 2.05) is 13.0 Å². The van der Waals surface area contributed by atoms with Crippen molar-refractivity contribution in [2.24, 2.45) is 0 Å². The predicted molar refractivity (Wildman–Crippen MR) is 51.3 cm³/mol. The third-order valence-corrected chi connectivity index (χ3v) is 2.60. The van der Waals surface area contributed by atoms with Gasteiger partial charge >= 0.3 is 0 Å². The van der Waals surface area contributed by atoms with E-state index in [0.717, 1.165) is 21.9 Å². The van der Waals surface area contributed by atoms with Gasteiger partial charge in [-0.3, -0.25) is 0 Å². The van der Waals surface area contributed by atoms with Gasteiger partial charge in [0, 0.05) is 11.8 Å². The van der Waals surface area contributed by atoms with Crippen LogP contribution in [0, 0.1) is 6.92 Å². The molecule has 0 spiro atoms. The standard InChI is InChI=1S/C9H13NOS/c1-3-12-9-8(6-11)7(2)4-5-10-9/h4-5,11H,3,6H2,1-2H3. The van der Waals surface area contributed by atoms with Crippen LogP contribution >= 0.6 is 11.8 Å². The zero-order valence-electron chi connectivity index (χ0n) is 7.37. The quantitative estimate of drug-likeness (QED) is 0.727. The van der Waals surface area contributed by atoms with E-state index < -0.39 is 0 Å². The van der Waals surface area contributed by atoms with Gasteiger partial charge in [-0.1, -0.05) is 6.92 Å². The molecule has 1 rings (SSSR count). The molecule has 0 fully saturated rings. The van der Waals surface area contributed by atoms with Crippen LogP contribution in [0.2, 0.25) is 0 Å². The highest BCUT2D eigenvalue weighted by molar-refractivity contribution is 7.99. The number of aryl methyl sites for hydroxylation is 1. The number of aromatic nitrogens is 1. The summed E-state index contributed by atoms with van der Waals surface area (Å²) < 4.78 is 0. The van der Waals surface area contributed by atoms with Crippen molar-refractivity contribution >= 4 is 11.8 Å². The van der Waals surface area contributed by atoms with Crippen LogP contribution in [0.1, 0.15) is 18.1 Å². The highest BCUT2D eigenvalue weighted by Crippen LogP contribution is 2.22. The number of nitrogens with zero attached hydrogens (tertiary/aromatic N) is 1. The minimum Gasteiger partial charge on any atom is -0.392 e. The van der Waals surface area contributed by atoms with Crippen LogP contribution in [0.4, 0.5) is 0 Å². The number of rotatable bonds is 3. The minimum atomic E-state index is 0.0853. The molecule has 1 aromatic rings. The summed E-state index contributed by atoms with van der Waals surface area (Å²) in [5.74, 6) is 0.990. The van der Waals surface area contributed by atoms with E-state index in [4.69, 9.17) is 5.11 Å².